The Hall–Kier alpha value is -1.55. The normalized spacial score (nSPS) is 29.1. The fourth-order valence-corrected chi connectivity index (χ4v) is 3.60. The number of nitrogens with zero attached hydrogens (tertiary/aromatic N) is 1. The Morgan fingerprint density at radius 2 is 2.30 bits per heavy atom. The molecule has 0 aliphatic carbocycles. The Morgan fingerprint density at radius 3 is 3.00 bits per heavy atom. The molecule has 2 aliphatic heterocycles. The van der Waals surface area contributed by atoms with Crippen LogP contribution in [0.5, 0.6) is 5.75 Å². The maximum Gasteiger partial charge on any atom is 0.324 e. The highest BCUT2D eigenvalue weighted by atomic mass is 16.5. The third-order valence-electron chi connectivity index (χ3n) is 4.74. The summed E-state index contributed by atoms with van der Waals surface area (Å²) in [6.45, 7) is 3.53. The van der Waals surface area contributed by atoms with Gasteiger partial charge in [0.1, 0.15) is 17.4 Å². The van der Waals surface area contributed by atoms with E-state index in [-0.39, 0.29) is 6.10 Å². The highest BCUT2D eigenvalue weighted by molar-refractivity contribution is 5.79. The predicted octanol–water partition coefficient (Wildman–Crippen LogP) is 2.32. The van der Waals surface area contributed by atoms with E-state index in [1.165, 1.54) is 5.56 Å². The lowest BCUT2D eigenvalue weighted by Crippen LogP contribution is -2.52. The van der Waals surface area contributed by atoms with Crippen LogP contribution in [0.15, 0.2) is 24.3 Å². The summed E-state index contributed by atoms with van der Waals surface area (Å²) >= 11 is 0. The molecule has 0 amide bonds. The molecule has 1 aromatic carbocycles. The second kappa shape index (κ2) is 5.09. The summed E-state index contributed by atoms with van der Waals surface area (Å²) in [5.74, 6) is 0.266. The zero-order valence-electron chi connectivity index (χ0n) is 11.8. The molecule has 0 radical (unpaired) electrons. The summed E-state index contributed by atoms with van der Waals surface area (Å²) in [7, 11) is 0. The Kier molecular flexibility index (Phi) is 3.42. The maximum atomic E-state index is 11.7. The molecule has 4 nitrogen and oxygen atoms in total. The molecule has 1 fully saturated rings. The zero-order chi connectivity index (χ0) is 14.2. The van der Waals surface area contributed by atoms with Crippen molar-refractivity contribution >= 4 is 5.97 Å². The van der Waals surface area contributed by atoms with E-state index in [2.05, 4.69) is 11.0 Å². The largest absolute Gasteiger partial charge is 0.488 e. The number of likely N-dealkylation sites (tertiary alicyclic amines) is 1. The molecule has 4 heteroatoms. The molecule has 2 atom stereocenters. The van der Waals surface area contributed by atoms with Gasteiger partial charge in [-0.25, -0.2) is 0 Å². The van der Waals surface area contributed by atoms with Gasteiger partial charge in [-0.05, 0) is 37.4 Å². The molecule has 20 heavy (non-hydrogen) atoms. The molecule has 1 saturated heterocycles. The van der Waals surface area contributed by atoms with E-state index in [1.807, 2.05) is 25.1 Å². The molecule has 3 rings (SSSR count). The number of ether oxygens (including phenoxy) is 1. The van der Waals surface area contributed by atoms with Gasteiger partial charge >= 0.3 is 5.97 Å². The fraction of sp³-hybridized carbons (Fsp3) is 0.562. The van der Waals surface area contributed by atoms with Crippen molar-refractivity contribution < 1.29 is 14.6 Å². The van der Waals surface area contributed by atoms with Gasteiger partial charge < -0.3 is 9.84 Å². The summed E-state index contributed by atoms with van der Waals surface area (Å²) in [6.07, 6.45) is 3.32. The van der Waals surface area contributed by atoms with E-state index >= 15 is 0 Å². The highest BCUT2D eigenvalue weighted by Crippen LogP contribution is 2.35. The van der Waals surface area contributed by atoms with Crippen LogP contribution in [0.3, 0.4) is 0 Å². The lowest BCUT2D eigenvalue weighted by molar-refractivity contribution is -0.150. The van der Waals surface area contributed by atoms with Crippen LogP contribution in [-0.4, -0.2) is 40.7 Å². The molecule has 0 saturated carbocycles. The molecular formula is C16H21NO3. The number of carboxylic acids is 1. The number of carboxylic acid groups (broad SMARTS) is 1. The summed E-state index contributed by atoms with van der Waals surface area (Å²) in [4.78, 5) is 13.8. The van der Waals surface area contributed by atoms with Gasteiger partial charge in [0.15, 0.2) is 0 Å². The van der Waals surface area contributed by atoms with Crippen LogP contribution < -0.4 is 4.74 Å². The zero-order valence-corrected chi connectivity index (χ0v) is 11.8. The van der Waals surface area contributed by atoms with E-state index in [4.69, 9.17) is 4.74 Å². The van der Waals surface area contributed by atoms with Crippen LogP contribution in [0.1, 0.15) is 31.7 Å². The summed E-state index contributed by atoms with van der Waals surface area (Å²) in [5, 5.41) is 9.60. The average Bonchev–Trinajstić information content (AvgIpc) is 3.02. The van der Waals surface area contributed by atoms with E-state index in [9.17, 15) is 9.90 Å². The number of para-hydroxylation sites is 1. The van der Waals surface area contributed by atoms with E-state index in [1.54, 1.807) is 0 Å². The van der Waals surface area contributed by atoms with Gasteiger partial charge in [-0.3, -0.25) is 9.69 Å². The first-order chi connectivity index (χ1) is 9.65. The highest BCUT2D eigenvalue weighted by Gasteiger charge is 2.47. The van der Waals surface area contributed by atoms with E-state index in [0.717, 1.165) is 31.6 Å². The van der Waals surface area contributed by atoms with Crippen molar-refractivity contribution in [2.75, 3.05) is 13.1 Å². The van der Waals surface area contributed by atoms with Crippen molar-refractivity contribution in [2.45, 2.75) is 44.2 Å². The van der Waals surface area contributed by atoms with Crippen molar-refractivity contribution in [3.8, 4) is 5.75 Å². The topological polar surface area (TPSA) is 49.8 Å². The molecule has 0 aromatic heterocycles. The van der Waals surface area contributed by atoms with Gasteiger partial charge in [0.2, 0.25) is 0 Å². The van der Waals surface area contributed by atoms with Gasteiger partial charge in [-0.1, -0.05) is 25.1 Å². The molecule has 2 unspecified atom stereocenters. The third kappa shape index (κ3) is 2.08. The van der Waals surface area contributed by atoms with Crippen molar-refractivity contribution in [3.05, 3.63) is 29.8 Å². The number of carbonyl (C=O) groups is 1. The van der Waals surface area contributed by atoms with Gasteiger partial charge in [0.25, 0.3) is 0 Å². The Labute approximate surface area is 119 Å². The van der Waals surface area contributed by atoms with E-state index in [0.29, 0.717) is 13.0 Å². The first-order valence-corrected chi connectivity index (χ1v) is 7.39. The molecule has 2 aliphatic rings. The standard InChI is InChI=1S/C16H21NO3/c1-2-16(15(18)19)8-5-9-17(16)11-13-10-12-6-3-4-7-14(12)20-13/h3-4,6-7,13H,2,5,8-11H2,1H3,(H,18,19). The minimum Gasteiger partial charge on any atom is -0.488 e. The second-order valence-corrected chi connectivity index (χ2v) is 5.79. The molecule has 0 spiro atoms. The first-order valence-electron chi connectivity index (χ1n) is 7.39. The van der Waals surface area contributed by atoms with Crippen LogP contribution in [0, 0.1) is 0 Å². The lowest BCUT2D eigenvalue weighted by Gasteiger charge is -2.35. The molecule has 1 N–H and O–H groups in total. The van der Waals surface area contributed by atoms with Crippen molar-refractivity contribution in [1.29, 1.82) is 0 Å². The molecular weight excluding hydrogens is 254 g/mol. The number of hydrogen-bond acceptors (Lipinski definition) is 3. The quantitative estimate of drug-likeness (QED) is 0.916. The number of fused-ring (bicyclic) bond motifs is 1. The van der Waals surface area contributed by atoms with Crippen LogP contribution >= 0.6 is 0 Å². The Morgan fingerprint density at radius 1 is 1.50 bits per heavy atom. The summed E-state index contributed by atoms with van der Waals surface area (Å²) in [5.41, 5.74) is 0.548. The summed E-state index contributed by atoms with van der Waals surface area (Å²) < 4.78 is 5.95. The van der Waals surface area contributed by atoms with Gasteiger partial charge in [0, 0.05) is 13.0 Å². The van der Waals surface area contributed by atoms with Crippen LogP contribution in [0.25, 0.3) is 0 Å². The number of aliphatic carboxylic acids is 1. The number of hydrogen-bond donors (Lipinski definition) is 1. The lowest BCUT2D eigenvalue weighted by atomic mass is 9.92. The van der Waals surface area contributed by atoms with Crippen molar-refractivity contribution in [1.82, 2.24) is 4.90 Å². The minimum atomic E-state index is -0.687. The van der Waals surface area contributed by atoms with Gasteiger partial charge in [0.05, 0.1) is 0 Å². The van der Waals surface area contributed by atoms with Crippen molar-refractivity contribution in [3.63, 3.8) is 0 Å². The number of benzene rings is 1. The molecule has 2 heterocycles. The third-order valence-corrected chi connectivity index (χ3v) is 4.74. The smallest absolute Gasteiger partial charge is 0.324 e. The predicted molar refractivity (Wildman–Crippen MR) is 76.0 cm³/mol. The van der Waals surface area contributed by atoms with Crippen LogP contribution in [0.4, 0.5) is 0 Å². The number of rotatable bonds is 4. The summed E-state index contributed by atoms with van der Waals surface area (Å²) in [6, 6.07) is 8.08. The average molecular weight is 275 g/mol. The van der Waals surface area contributed by atoms with E-state index < -0.39 is 11.5 Å². The fourth-order valence-electron chi connectivity index (χ4n) is 3.60. The monoisotopic (exact) mass is 275 g/mol. The Bertz CT molecular complexity index is 491. The van der Waals surface area contributed by atoms with Crippen LogP contribution in [-0.2, 0) is 11.2 Å². The molecule has 108 valence electrons. The Balaban J connectivity index is 1.71. The molecule has 0 bridgehead atoms. The maximum absolute atomic E-state index is 11.7. The van der Waals surface area contributed by atoms with Gasteiger partial charge in [-0.15, -0.1) is 0 Å². The van der Waals surface area contributed by atoms with Crippen LogP contribution in [0.2, 0.25) is 0 Å². The molecule has 1 aromatic rings. The minimum absolute atomic E-state index is 0.0794. The first kappa shape index (κ1) is 13.4. The van der Waals surface area contributed by atoms with Crippen molar-refractivity contribution in [2.24, 2.45) is 0 Å². The second-order valence-electron chi connectivity index (χ2n) is 5.79. The SMILES string of the molecule is CCC1(C(=O)O)CCCN1CC1Cc2ccccc2O1. The van der Waals surface area contributed by atoms with Gasteiger partial charge in [-0.2, -0.15) is 0 Å².